The fraction of sp³-hybridized carbons (Fsp3) is 0.188. The molecular formula is C16H15ClN2S. The van der Waals surface area contributed by atoms with Gasteiger partial charge in [0, 0.05) is 17.3 Å². The number of fused-ring (bicyclic) bond motifs is 1. The van der Waals surface area contributed by atoms with Crippen LogP contribution in [0.5, 0.6) is 0 Å². The third-order valence-corrected chi connectivity index (χ3v) is 4.41. The molecule has 1 unspecified atom stereocenters. The number of hydrogen-bond donors (Lipinski definition) is 1. The van der Waals surface area contributed by atoms with Crippen LogP contribution < -0.4 is 5.32 Å². The van der Waals surface area contributed by atoms with Crippen molar-refractivity contribution in [2.75, 3.05) is 11.2 Å². The Kier molecular flexibility index (Phi) is 4.19. The van der Waals surface area contributed by atoms with Gasteiger partial charge in [0.25, 0.3) is 0 Å². The van der Waals surface area contributed by atoms with Gasteiger partial charge in [-0.1, -0.05) is 42.5 Å². The predicted molar refractivity (Wildman–Crippen MR) is 87.9 cm³/mol. The van der Waals surface area contributed by atoms with Gasteiger partial charge in [-0.2, -0.15) is 4.37 Å². The number of benzene rings is 2. The molecule has 0 aliphatic carbocycles. The first-order valence-electron chi connectivity index (χ1n) is 6.57. The molecule has 3 rings (SSSR count). The number of nitrogens with zero attached hydrogens (tertiary/aromatic N) is 1. The lowest BCUT2D eigenvalue weighted by molar-refractivity contribution is 0.801. The first-order chi connectivity index (χ1) is 9.86. The molecule has 2 aromatic carbocycles. The standard InChI is InChI=1S/C16H15ClN2S/c17-11-13(10-12-6-2-1-3-7-12)18-16-14-8-4-5-9-15(14)19-20-16/h1-9,13,18H,10-11H2. The first-order valence-corrected chi connectivity index (χ1v) is 7.88. The predicted octanol–water partition coefficient (Wildman–Crippen LogP) is 4.56. The van der Waals surface area contributed by atoms with E-state index in [-0.39, 0.29) is 6.04 Å². The third-order valence-electron chi connectivity index (χ3n) is 3.23. The number of hydrogen-bond acceptors (Lipinski definition) is 3. The summed E-state index contributed by atoms with van der Waals surface area (Å²) in [5.41, 5.74) is 2.33. The lowest BCUT2D eigenvalue weighted by Gasteiger charge is -2.16. The average Bonchev–Trinajstić information content (AvgIpc) is 2.91. The zero-order valence-corrected chi connectivity index (χ0v) is 12.5. The van der Waals surface area contributed by atoms with Gasteiger partial charge in [-0.3, -0.25) is 0 Å². The Morgan fingerprint density at radius 1 is 1.05 bits per heavy atom. The second kappa shape index (κ2) is 6.25. The second-order valence-corrected chi connectivity index (χ2v) is 5.80. The molecule has 4 heteroatoms. The highest BCUT2D eigenvalue weighted by atomic mass is 35.5. The average molecular weight is 303 g/mol. The molecule has 1 aromatic heterocycles. The SMILES string of the molecule is ClCC(Cc1ccccc1)Nc1snc2ccccc12. The van der Waals surface area contributed by atoms with Gasteiger partial charge < -0.3 is 5.32 Å². The molecule has 0 spiro atoms. The molecular weight excluding hydrogens is 288 g/mol. The van der Waals surface area contributed by atoms with Crippen LogP contribution in [0.15, 0.2) is 54.6 Å². The summed E-state index contributed by atoms with van der Waals surface area (Å²) < 4.78 is 4.45. The van der Waals surface area contributed by atoms with Crippen LogP contribution in [0.3, 0.4) is 0 Å². The van der Waals surface area contributed by atoms with Crippen LogP contribution in [0, 0.1) is 0 Å². The number of anilines is 1. The lowest BCUT2D eigenvalue weighted by Crippen LogP contribution is -2.23. The molecule has 1 N–H and O–H groups in total. The van der Waals surface area contributed by atoms with Gasteiger partial charge in [0.15, 0.2) is 0 Å². The van der Waals surface area contributed by atoms with E-state index < -0.39 is 0 Å². The molecule has 0 saturated heterocycles. The van der Waals surface area contributed by atoms with Gasteiger partial charge in [0.1, 0.15) is 5.00 Å². The molecule has 1 heterocycles. The zero-order chi connectivity index (χ0) is 13.8. The van der Waals surface area contributed by atoms with E-state index in [1.54, 1.807) is 0 Å². The summed E-state index contributed by atoms with van der Waals surface area (Å²) in [4.78, 5) is 0. The fourth-order valence-corrected chi connectivity index (χ4v) is 3.25. The van der Waals surface area contributed by atoms with Gasteiger partial charge >= 0.3 is 0 Å². The summed E-state index contributed by atoms with van der Waals surface area (Å²) in [6.45, 7) is 0. The van der Waals surface area contributed by atoms with E-state index in [2.05, 4.69) is 40.0 Å². The van der Waals surface area contributed by atoms with Crippen molar-refractivity contribution in [3.8, 4) is 0 Å². The van der Waals surface area contributed by atoms with Crippen molar-refractivity contribution in [3.05, 3.63) is 60.2 Å². The quantitative estimate of drug-likeness (QED) is 0.699. The smallest absolute Gasteiger partial charge is 0.117 e. The maximum absolute atomic E-state index is 6.11. The first kappa shape index (κ1) is 13.4. The van der Waals surface area contributed by atoms with E-state index in [0.717, 1.165) is 16.9 Å². The van der Waals surface area contributed by atoms with Crippen LogP contribution in [-0.4, -0.2) is 16.3 Å². The lowest BCUT2D eigenvalue weighted by atomic mass is 10.1. The molecule has 0 amide bonds. The summed E-state index contributed by atoms with van der Waals surface area (Å²) in [5, 5.41) is 5.79. The van der Waals surface area contributed by atoms with Gasteiger partial charge in [0.2, 0.25) is 0 Å². The van der Waals surface area contributed by atoms with Crippen molar-refractivity contribution in [1.82, 2.24) is 4.37 Å². The minimum atomic E-state index is 0.211. The fourth-order valence-electron chi connectivity index (χ4n) is 2.22. The van der Waals surface area contributed by atoms with E-state index in [1.165, 1.54) is 22.5 Å². The summed E-state index contributed by atoms with van der Waals surface area (Å²) in [6, 6.07) is 18.8. The Labute approximate surface area is 127 Å². The van der Waals surface area contributed by atoms with Crippen molar-refractivity contribution >= 4 is 39.0 Å². The van der Waals surface area contributed by atoms with Crippen molar-refractivity contribution in [3.63, 3.8) is 0 Å². The molecule has 0 bridgehead atoms. The normalized spacial score (nSPS) is 12.4. The molecule has 2 nitrogen and oxygen atoms in total. The van der Waals surface area contributed by atoms with Gasteiger partial charge in [-0.05, 0) is 35.6 Å². The minimum absolute atomic E-state index is 0.211. The molecule has 0 aliphatic heterocycles. The Morgan fingerprint density at radius 2 is 1.80 bits per heavy atom. The van der Waals surface area contributed by atoms with Crippen molar-refractivity contribution in [1.29, 1.82) is 0 Å². The summed E-state index contributed by atoms with van der Waals surface area (Å²) in [7, 11) is 0. The van der Waals surface area contributed by atoms with Crippen LogP contribution in [0.25, 0.3) is 10.9 Å². The highest BCUT2D eigenvalue weighted by Gasteiger charge is 2.12. The van der Waals surface area contributed by atoms with E-state index in [9.17, 15) is 0 Å². The van der Waals surface area contributed by atoms with E-state index in [0.29, 0.717) is 5.88 Å². The topological polar surface area (TPSA) is 24.9 Å². The number of halogens is 1. The number of nitrogens with one attached hydrogen (secondary N) is 1. The number of alkyl halides is 1. The molecule has 1 atom stereocenters. The Morgan fingerprint density at radius 3 is 2.60 bits per heavy atom. The van der Waals surface area contributed by atoms with Crippen molar-refractivity contribution in [2.45, 2.75) is 12.5 Å². The van der Waals surface area contributed by atoms with E-state index >= 15 is 0 Å². The van der Waals surface area contributed by atoms with Gasteiger partial charge in [-0.25, -0.2) is 0 Å². The Hall–Kier alpha value is -1.58. The molecule has 0 fully saturated rings. The van der Waals surface area contributed by atoms with Gasteiger partial charge in [-0.15, -0.1) is 11.6 Å². The molecule has 0 saturated carbocycles. The summed E-state index contributed by atoms with van der Waals surface area (Å²) >= 11 is 7.60. The maximum Gasteiger partial charge on any atom is 0.117 e. The number of rotatable bonds is 5. The van der Waals surface area contributed by atoms with Crippen LogP contribution in [0.1, 0.15) is 5.56 Å². The van der Waals surface area contributed by atoms with E-state index in [1.807, 2.05) is 24.3 Å². The summed E-state index contributed by atoms with van der Waals surface area (Å²) in [5.74, 6) is 0.571. The molecule has 102 valence electrons. The molecule has 3 aromatic rings. The zero-order valence-electron chi connectivity index (χ0n) is 10.9. The van der Waals surface area contributed by atoms with Crippen LogP contribution in [0.4, 0.5) is 5.00 Å². The van der Waals surface area contributed by atoms with Crippen LogP contribution in [0.2, 0.25) is 0 Å². The minimum Gasteiger partial charge on any atom is -0.371 e. The van der Waals surface area contributed by atoms with Crippen molar-refractivity contribution < 1.29 is 0 Å². The maximum atomic E-state index is 6.11. The largest absolute Gasteiger partial charge is 0.371 e. The van der Waals surface area contributed by atoms with Gasteiger partial charge in [0.05, 0.1) is 5.52 Å². The van der Waals surface area contributed by atoms with E-state index in [4.69, 9.17) is 11.6 Å². The summed E-state index contributed by atoms with van der Waals surface area (Å²) in [6.07, 6.45) is 0.913. The van der Waals surface area contributed by atoms with Crippen LogP contribution >= 0.6 is 23.1 Å². The highest BCUT2D eigenvalue weighted by Crippen LogP contribution is 2.28. The second-order valence-electron chi connectivity index (χ2n) is 4.71. The number of aromatic nitrogens is 1. The molecule has 0 radical (unpaired) electrons. The van der Waals surface area contributed by atoms with Crippen LogP contribution in [-0.2, 0) is 6.42 Å². The Bertz CT molecular complexity index is 681. The van der Waals surface area contributed by atoms with Crippen molar-refractivity contribution in [2.24, 2.45) is 0 Å². The molecule has 20 heavy (non-hydrogen) atoms. The highest BCUT2D eigenvalue weighted by molar-refractivity contribution is 7.11. The Balaban J connectivity index is 1.78. The third kappa shape index (κ3) is 2.94. The molecule has 0 aliphatic rings. The monoisotopic (exact) mass is 302 g/mol.